The number of nitrogens with zero attached hydrogens (tertiary/aromatic N) is 3. The Bertz CT molecular complexity index is 1240. The van der Waals surface area contributed by atoms with Crippen LogP contribution in [0.5, 0.6) is 11.6 Å². The molecule has 1 atom stereocenters. The summed E-state index contributed by atoms with van der Waals surface area (Å²) in [5, 5.41) is 15.7. The van der Waals surface area contributed by atoms with Crippen molar-refractivity contribution in [2.45, 2.75) is 32.9 Å². The minimum atomic E-state index is -0.529. The molecule has 0 fully saturated rings. The Morgan fingerprint density at radius 2 is 1.56 bits per heavy atom. The fourth-order valence-corrected chi connectivity index (χ4v) is 4.47. The molecule has 5 nitrogen and oxygen atoms in total. The van der Waals surface area contributed by atoms with Crippen LogP contribution in [-0.2, 0) is 20.0 Å². The van der Waals surface area contributed by atoms with Crippen molar-refractivity contribution in [1.82, 2.24) is 14.7 Å². The van der Waals surface area contributed by atoms with Gasteiger partial charge in [-0.15, -0.1) is 0 Å². The van der Waals surface area contributed by atoms with Gasteiger partial charge in [0.15, 0.2) is 11.6 Å². The van der Waals surface area contributed by atoms with E-state index in [9.17, 15) is 9.50 Å². The zero-order valence-corrected chi connectivity index (χ0v) is 21.1. The van der Waals surface area contributed by atoms with Crippen LogP contribution in [0.2, 0.25) is 0 Å². The van der Waals surface area contributed by atoms with Crippen molar-refractivity contribution in [3.8, 4) is 22.9 Å². The lowest BCUT2D eigenvalue weighted by Crippen LogP contribution is -2.35. The van der Waals surface area contributed by atoms with E-state index in [1.54, 1.807) is 22.9 Å². The average Bonchev–Trinajstić information content (AvgIpc) is 3.16. The highest BCUT2D eigenvalue weighted by Gasteiger charge is 2.24. The van der Waals surface area contributed by atoms with Gasteiger partial charge in [0.1, 0.15) is 5.69 Å². The predicted octanol–water partition coefficient (Wildman–Crippen LogP) is 6.08. The van der Waals surface area contributed by atoms with Gasteiger partial charge in [-0.05, 0) is 30.0 Å². The van der Waals surface area contributed by atoms with Gasteiger partial charge >= 0.3 is 0 Å². The monoisotopic (exact) mass is 487 g/mol. The highest BCUT2D eigenvalue weighted by atomic mass is 19.1. The van der Waals surface area contributed by atoms with E-state index in [0.29, 0.717) is 31.3 Å². The number of rotatable bonds is 11. The van der Waals surface area contributed by atoms with Gasteiger partial charge in [-0.3, -0.25) is 4.90 Å². The van der Waals surface area contributed by atoms with Crippen LogP contribution in [0.1, 0.15) is 25.0 Å². The van der Waals surface area contributed by atoms with E-state index in [2.05, 4.69) is 18.7 Å². The summed E-state index contributed by atoms with van der Waals surface area (Å²) in [6.07, 6.45) is 0.0472. The summed E-state index contributed by atoms with van der Waals surface area (Å²) in [6, 6.07) is 26.3. The highest BCUT2D eigenvalue weighted by molar-refractivity contribution is 5.65. The van der Waals surface area contributed by atoms with Gasteiger partial charge in [-0.2, -0.15) is 5.10 Å². The van der Waals surface area contributed by atoms with Crippen LogP contribution in [0, 0.1) is 11.7 Å². The molecule has 4 rings (SSSR count). The third-order valence-electron chi connectivity index (χ3n) is 5.97. The fourth-order valence-electron chi connectivity index (χ4n) is 4.47. The maximum absolute atomic E-state index is 14.5. The minimum absolute atomic E-state index is 0.154. The number of aryl methyl sites for hydroxylation is 1. The van der Waals surface area contributed by atoms with Crippen molar-refractivity contribution in [2.24, 2.45) is 13.0 Å². The number of benzene rings is 3. The summed E-state index contributed by atoms with van der Waals surface area (Å²) in [4.78, 5) is 2.23. The zero-order valence-electron chi connectivity index (χ0n) is 21.1. The first-order valence-corrected chi connectivity index (χ1v) is 12.4. The molecule has 188 valence electrons. The van der Waals surface area contributed by atoms with Gasteiger partial charge in [0, 0.05) is 32.2 Å². The number of aliphatic hydroxyl groups is 1. The Morgan fingerprint density at radius 3 is 2.22 bits per heavy atom. The topological polar surface area (TPSA) is 50.5 Å². The molecule has 0 aliphatic heterocycles. The predicted molar refractivity (Wildman–Crippen MR) is 141 cm³/mol. The van der Waals surface area contributed by atoms with Crippen molar-refractivity contribution in [3.63, 3.8) is 0 Å². The molecule has 4 aromatic rings. The highest BCUT2D eigenvalue weighted by Crippen LogP contribution is 2.35. The first kappa shape index (κ1) is 25.6. The summed E-state index contributed by atoms with van der Waals surface area (Å²) in [7, 11) is 1.81. The Hall–Kier alpha value is -3.48. The van der Waals surface area contributed by atoms with E-state index in [4.69, 9.17) is 9.84 Å². The number of hydrogen-bond acceptors (Lipinski definition) is 4. The molecule has 1 unspecified atom stereocenters. The molecule has 1 heterocycles. The third-order valence-corrected chi connectivity index (χ3v) is 5.97. The second-order valence-corrected chi connectivity index (χ2v) is 9.59. The lowest BCUT2D eigenvalue weighted by atomic mass is 10.0. The van der Waals surface area contributed by atoms with E-state index in [1.807, 2.05) is 67.7 Å². The van der Waals surface area contributed by atoms with E-state index in [0.717, 1.165) is 28.9 Å². The van der Waals surface area contributed by atoms with Gasteiger partial charge in [-0.1, -0.05) is 86.6 Å². The maximum Gasteiger partial charge on any atom is 0.222 e. The van der Waals surface area contributed by atoms with Crippen molar-refractivity contribution < 1.29 is 14.2 Å². The van der Waals surface area contributed by atoms with E-state index in [1.165, 1.54) is 6.07 Å². The van der Waals surface area contributed by atoms with Crippen LogP contribution in [-0.4, -0.2) is 39.0 Å². The van der Waals surface area contributed by atoms with E-state index in [-0.39, 0.29) is 5.75 Å². The maximum atomic E-state index is 14.5. The molecule has 0 amide bonds. The quantitative estimate of drug-likeness (QED) is 0.279. The van der Waals surface area contributed by atoms with E-state index >= 15 is 0 Å². The molecule has 0 radical (unpaired) electrons. The largest absolute Gasteiger partial charge is 0.436 e. The summed E-state index contributed by atoms with van der Waals surface area (Å²) < 4.78 is 22.3. The van der Waals surface area contributed by atoms with Crippen LogP contribution < -0.4 is 4.74 Å². The normalized spacial score (nSPS) is 12.3. The van der Waals surface area contributed by atoms with Crippen molar-refractivity contribution >= 4 is 0 Å². The van der Waals surface area contributed by atoms with Gasteiger partial charge in [0.2, 0.25) is 5.88 Å². The molecule has 0 spiro atoms. The minimum Gasteiger partial charge on any atom is -0.436 e. The Balaban J connectivity index is 1.67. The number of hydrogen-bond donors (Lipinski definition) is 1. The number of aliphatic hydroxyl groups excluding tert-OH is 1. The molecule has 0 aliphatic rings. The smallest absolute Gasteiger partial charge is 0.222 e. The molecule has 0 saturated heterocycles. The SMILES string of the molecule is CC(C)CN(Cc1c(-c2ccccc2)nn(C)c1Oc1ccccc1F)CC(O)Cc1ccccc1. The van der Waals surface area contributed by atoms with Gasteiger partial charge in [0.25, 0.3) is 0 Å². The molecular weight excluding hydrogens is 453 g/mol. The summed E-state index contributed by atoms with van der Waals surface area (Å²) in [5.74, 6) is 0.607. The average molecular weight is 488 g/mol. The number of halogens is 1. The molecule has 36 heavy (non-hydrogen) atoms. The summed E-state index contributed by atoms with van der Waals surface area (Å²) in [5.41, 5.74) is 3.71. The Labute approximate surface area is 212 Å². The lowest BCUT2D eigenvalue weighted by molar-refractivity contribution is 0.101. The van der Waals surface area contributed by atoms with Crippen molar-refractivity contribution in [3.05, 3.63) is 102 Å². The Morgan fingerprint density at radius 1 is 0.917 bits per heavy atom. The summed E-state index contributed by atoms with van der Waals surface area (Å²) >= 11 is 0. The number of para-hydroxylation sites is 1. The van der Waals surface area contributed by atoms with Gasteiger partial charge in [0.05, 0.1) is 11.7 Å². The molecule has 0 saturated carbocycles. The molecular formula is C30H34FN3O2. The second-order valence-electron chi connectivity index (χ2n) is 9.59. The molecule has 0 aliphatic carbocycles. The molecule has 1 N–H and O–H groups in total. The fraction of sp³-hybridized carbons (Fsp3) is 0.300. The van der Waals surface area contributed by atoms with Gasteiger partial charge < -0.3 is 9.84 Å². The standard InChI is InChI=1S/C30H34FN3O2/c1-22(2)19-34(20-25(35)18-23-12-6-4-7-13-23)21-26-29(24-14-8-5-9-15-24)32-33(3)30(26)36-28-17-11-10-16-27(28)31/h4-17,22,25,35H,18-21H2,1-3H3. The van der Waals surface area contributed by atoms with Crippen molar-refractivity contribution in [1.29, 1.82) is 0 Å². The van der Waals surface area contributed by atoms with Crippen LogP contribution in [0.15, 0.2) is 84.9 Å². The lowest BCUT2D eigenvalue weighted by Gasteiger charge is -2.27. The van der Waals surface area contributed by atoms with Crippen LogP contribution in [0.3, 0.4) is 0 Å². The van der Waals surface area contributed by atoms with Gasteiger partial charge in [-0.25, -0.2) is 9.07 Å². The first-order chi connectivity index (χ1) is 17.4. The Kier molecular flexibility index (Phi) is 8.52. The first-order valence-electron chi connectivity index (χ1n) is 12.4. The molecule has 1 aromatic heterocycles. The van der Waals surface area contributed by atoms with E-state index < -0.39 is 11.9 Å². The van der Waals surface area contributed by atoms with Crippen molar-refractivity contribution in [2.75, 3.05) is 13.1 Å². The second kappa shape index (κ2) is 12.0. The third kappa shape index (κ3) is 6.59. The van der Waals surface area contributed by atoms with Crippen LogP contribution in [0.25, 0.3) is 11.3 Å². The molecule has 0 bridgehead atoms. The zero-order chi connectivity index (χ0) is 25.5. The summed E-state index contributed by atoms with van der Waals surface area (Å²) in [6.45, 7) is 6.11. The number of aromatic nitrogens is 2. The van der Waals surface area contributed by atoms with Crippen LogP contribution in [0.4, 0.5) is 4.39 Å². The molecule has 3 aromatic carbocycles. The van der Waals surface area contributed by atoms with Crippen LogP contribution >= 0.6 is 0 Å². The number of ether oxygens (including phenoxy) is 1. The molecule has 6 heteroatoms.